The van der Waals surface area contributed by atoms with Crippen molar-refractivity contribution < 1.29 is 5.11 Å². The Morgan fingerprint density at radius 3 is 1.73 bits per heavy atom. The molecule has 2 aromatic rings. The lowest BCUT2D eigenvalue weighted by Crippen LogP contribution is -2.21. The Balaban J connectivity index is 0.00000320. The number of anilines is 2. The summed E-state index contributed by atoms with van der Waals surface area (Å²) in [5.74, 6) is 0. The summed E-state index contributed by atoms with van der Waals surface area (Å²) in [6.07, 6.45) is 5.39. The molecule has 30 heavy (non-hydrogen) atoms. The van der Waals surface area contributed by atoms with Crippen LogP contribution in [-0.2, 0) is 0 Å². The van der Waals surface area contributed by atoms with E-state index in [1.807, 2.05) is 64.6 Å². The van der Waals surface area contributed by atoms with Crippen LogP contribution in [0.5, 0.6) is 0 Å². The van der Waals surface area contributed by atoms with E-state index in [1.165, 1.54) is 0 Å². The lowest BCUT2D eigenvalue weighted by Gasteiger charge is -2.15. The molecule has 1 N–H and O–H groups in total. The molecule has 1 aliphatic rings. The van der Waals surface area contributed by atoms with Crippen LogP contribution in [0, 0.1) is 0 Å². The second kappa shape index (κ2) is 10.7. The van der Waals surface area contributed by atoms with Crippen LogP contribution < -0.4 is 9.80 Å². The van der Waals surface area contributed by atoms with Crippen LogP contribution in [0.4, 0.5) is 11.4 Å². The normalized spacial score (nSPS) is 13.7. The van der Waals surface area contributed by atoms with Crippen molar-refractivity contribution in [2.45, 2.75) is 0 Å². The first kappa shape index (κ1) is 23.3. The van der Waals surface area contributed by atoms with Crippen LogP contribution >= 0.6 is 12.4 Å². The third kappa shape index (κ3) is 5.98. The highest BCUT2D eigenvalue weighted by molar-refractivity contribution is 5.85. The first-order valence-electron chi connectivity index (χ1n) is 9.45. The molecule has 0 aromatic heterocycles. The summed E-state index contributed by atoms with van der Waals surface area (Å²) < 4.78 is 0. The predicted octanol–water partition coefficient (Wildman–Crippen LogP) is 3.02. The van der Waals surface area contributed by atoms with E-state index in [0.717, 1.165) is 22.5 Å². The van der Waals surface area contributed by atoms with Gasteiger partial charge in [0.2, 0.25) is 0 Å². The number of hydrogen-bond acceptors (Lipinski definition) is 7. The number of hydrogen-bond donors (Lipinski definition) is 1. The maximum Gasteiger partial charge on any atom is 0.133 e. The van der Waals surface area contributed by atoms with Gasteiger partial charge in [-0.15, -0.1) is 12.4 Å². The van der Waals surface area contributed by atoms with Crippen molar-refractivity contribution in [1.82, 2.24) is 10.0 Å². The van der Waals surface area contributed by atoms with E-state index < -0.39 is 0 Å². The summed E-state index contributed by atoms with van der Waals surface area (Å²) in [6, 6.07) is 16.3. The lowest BCUT2D eigenvalue weighted by molar-refractivity contribution is 0.235. The lowest BCUT2D eigenvalue weighted by atomic mass is 10.2. The van der Waals surface area contributed by atoms with Crippen LogP contribution in [0.2, 0.25) is 0 Å². The summed E-state index contributed by atoms with van der Waals surface area (Å²) in [7, 11) is 8.05. The summed E-state index contributed by atoms with van der Waals surface area (Å²) in [4.78, 5) is 4.11. The monoisotopic (exact) mass is 428 g/mol. The van der Waals surface area contributed by atoms with Crippen LogP contribution in [0.25, 0.3) is 0 Å². The smallest absolute Gasteiger partial charge is 0.133 e. The van der Waals surface area contributed by atoms with Crippen molar-refractivity contribution in [2.24, 2.45) is 10.2 Å². The van der Waals surface area contributed by atoms with Crippen LogP contribution in [0.15, 0.2) is 70.6 Å². The summed E-state index contributed by atoms with van der Waals surface area (Å²) in [6.45, 7) is 0.356. The SMILES string of the molecule is CN(C)c1ccc(C=NN2C=C(CO)N(N=Cc3ccc(N(C)C)cc3)C2)cc1.Cl. The maximum absolute atomic E-state index is 9.64. The Morgan fingerprint density at radius 1 is 0.833 bits per heavy atom. The zero-order valence-electron chi connectivity index (χ0n) is 17.8. The van der Waals surface area contributed by atoms with E-state index in [0.29, 0.717) is 12.4 Å². The minimum Gasteiger partial charge on any atom is -0.390 e. The second-order valence-electron chi connectivity index (χ2n) is 7.22. The van der Waals surface area contributed by atoms with Gasteiger partial charge in [0.1, 0.15) is 6.67 Å². The highest BCUT2D eigenvalue weighted by atomic mass is 35.5. The quantitative estimate of drug-likeness (QED) is 0.687. The number of aliphatic hydroxyl groups excluding tert-OH is 1. The van der Waals surface area contributed by atoms with E-state index in [9.17, 15) is 5.11 Å². The standard InChI is InChI=1S/C22H28N6O.ClH/c1-25(2)20-9-5-18(6-10-20)13-23-27-15-22(16-29)28(17-27)24-14-19-7-11-21(12-8-19)26(3)4;/h5-15,29H,16-17H2,1-4H3;1H. The molecule has 0 atom stereocenters. The van der Waals surface area contributed by atoms with Gasteiger partial charge < -0.3 is 14.9 Å². The van der Waals surface area contributed by atoms with E-state index in [4.69, 9.17) is 0 Å². The predicted molar refractivity (Wildman–Crippen MR) is 128 cm³/mol. The van der Waals surface area contributed by atoms with Crippen LogP contribution in [0.1, 0.15) is 11.1 Å². The average molecular weight is 429 g/mol. The Hall–Kier alpha value is -3.03. The van der Waals surface area contributed by atoms with E-state index in [2.05, 4.69) is 32.1 Å². The molecule has 3 rings (SSSR count). The Kier molecular flexibility index (Phi) is 8.26. The van der Waals surface area contributed by atoms with Crippen molar-refractivity contribution in [3.8, 4) is 0 Å². The first-order valence-corrected chi connectivity index (χ1v) is 9.45. The molecular formula is C22H29ClN6O. The number of nitrogens with zero attached hydrogens (tertiary/aromatic N) is 6. The number of benzene rings is 2. The molecule has 7 nitrogen and oxygen atoms in total. The van der Waals surface area contributed by atoms with Gasteiger partial charge in [0, 0.05) is 45.8 Å². The van der Waals surface area contributed by atoms with Crippen molar-refractivity contribution in [2.75, 3.05) is 51.3 Å². The number of rotatable bonds is 7. The summed E-state index contributed by atoms with van der Waals surface area (Å²) in [5.41, 5.74) is 4.99. The molecule has 0 spiro atoms. The highest BCUT2D eigenvalue weighted by Crippen LogP contribution is 2.17. The molecule has 0 radical (unpaired) electrons. The van der Waals surface area contributed by atoms with Gasteiger partial charge in [0.25, 0.3) is 0 Å². The Bertz CT molecular complexity index is 891. The van der Waals surface area contributed by atoms with Crippen LogP contribution in [0.3, 0.4) is 0 Å². The molecule has 2 aromatic carbocycles. The summed E-state index contributed by atoms with van der Waals surface area (Å²) >= 11 is 0. The molecule has 1 heterocycles. The van der Waals surface area contributed by atoms with Gasteiger partial charge >= 0.3 is 0 Å². The van der Waals surface area contributed by atoms with Crippen molar-refractivity contribution in [1.29, 1.82) is 0 Å². The molecule has 0 saturated carbocycles. The molecule has 8 heteroatoms. The van der Waals surface area contributed by atoms with E-state index in [-0.39, 0.29) is 19.0 Å². The number of aliphatic hydroxyl groups is 1. The van der Waals surface area contributed by atoms with E-state index >= 15 is 0 Å². The topological polar surface area (TPSA) is 57.9 Å². The van der Waals surface area contributed by atoms with Gasteiger partial charge in [-0.25, -0.2) is 10.0 Å². The van der Waals surface area contributed by atoms with Gasteiger partial charge in [-0.2, -0.15) is 10.2 Å². The fraction of sp³-hybridized carbons (Fsp3) is 0.273. The zero-order valence-corrected chi connectivity index (χ0v) is 18.6. The minimum atomic E-state index is -0.0968. The van der Waals surface area contributed by atoms with Gasteiger partial charge in [-0.3, -0.25) is 0 Å². The molecule has 0 bridgehead atoms. The minimum absolute atomic E-state index is 0. The third-order valence-electron chi connectivity index (χ3n) is 4.59. The summed E-state index contributed by atoms with van der Waals surface area (Å²) in [5, 5.41) is 22.1. The molecule has 0 fully saturated rings. The number of hydrazone groups is 2. The third-order valence-corrected chi connectivity index (χ3v) is 4.59. The number of halogens is 1. The first-order chi connectivity index (χ1) is 14.0. The van der Waals surface area contributed by atoms with Gasteiger partial charge in [-0.1, -0.05) is 24.3 Å². The van der Waals surface area contributed by atoms with Crippen molar-refractivity contribution in [3.05, 3.63) is 71.6 Å². The van der Waals surface area contributed by atoms with Crippen molar-refractivity contribution >= 4 is 36.2 Å². The molecule has 0 aliphatic carbocycles. The molecular weight excluding hydrogens is 400 g/mol. The zero-order chi connectivity index (χ0) is 20.8. The fourth-order valence-electron chi connectivity index (χ4n) is 2.80. The Labute approximate surface area is 184 Å². The maximum atomic E-state index is 9.64. The van der Waals surface area contributed by atoms with Crippen molar-refractivity contribution in [3.63, 3.8) is 0 Å². The molecule has 0 saturated heterocycles. The largest absolute Gasteiger partial charge is 0.390 e. The molecule has 1 aliphatic heterocycles. The second-order valence-corrected chi connectivity index (χ2v) is 7.22. The average Bonchev–Trinajstić information content (AvgIpc) is 3.13. The van der Waals surface area contributed by atoms with Gasteiger partial charge in [-0.05, 0) is 35.4 Å². The molecule has 160 valence electrons. The van der Waals surface area contributed by atoms with Crippen LogP contribution in [-0.4, -0.2) is 69.0 Å². The fourth-order valence-corrected chi connectivity index (χ4v) is 2.80. The van der Waals surface area contributed by atoms with Gasteiger partial charge in [0.05, 0.1) is 24.7 Å². The Morgan fingerprint density at radius 2 is 1.30 bits per heavy atom. The molecule has 0 unspecified atom stereocenters. The highest BCUT2D eigenvalue weighted by Gasteiger charge is 2.18. The van der Waals surface area contributed by atoms with E-state index in [1.54, 1.807) is 28.6 Å². The molecule has 0 amide bonds. The van der Waals surface area contributed by atoms with Gasteiger partial charge in [0.15, 0.2) is 0 Å².